The molecule has 3 rings (SSSR count). The molecule has 1 aliphatic rings. The fourth-order valence-corrected chi connectivity index (χ4v) is 2.65. The summed E-state index contributed by atoms with van der Waals surface area (Å²) in [6.07, 6.45) is 0.565. The third-order valence-corrected chi connectivity index (χ3v) is 3.95. The van der Waals surface area contributed by atoms with Crippen molar-refractivity contribution in [3.8, 4) is 5.75 Å². The summed E-state index contributed by atoms with van der Waals surface area (Å²) in [5, 5.41) is 0. The molecule has 1 heterocycles. The van der Waals surface area contributed by atoms with Gasteiger partial charge in [-0.05, 0) is 43.7 Å². The molecule has 0 bridgehead atoms. The second kappa shape index (κ2) is 6.24. The molecular formula is C19H17NO3. The number of benzene rings is 2. The molecule has 116 valence electrons. The third-order valence-electron chi connectivity index (χ3n) is 3.95. The minimum atomic E-state index is -0.231. The number of fused-ring (bicyclic) bond motifs is 1. The van der Waals surface area contributed by atoms with Crippen molar-refractivity contribution in [3.63, 3.8) is 0 Å². The number of hydrogen-bond acceptors (Lipinski definition) is 3. The molecule has 2 radical (unpaired) electrons. The summed E-state index contributed by atoms with van der Waals surface area (Å²) < 4.78 is 5.63. The zero-order valence-corrected chi connectivity index (χ0v) is 12.9. The van der Waals surface area contributed by atoms with Gasteiger partial charge in [-0.3, -0.25) is 14.5 Å². The molecule has 0 aromatic heterocycles. The molecule has 1 unspecified atom stereocenters. The van der Waals surface area contributed by atoms with Gasteiger partial charge in [0.15, 0.2) is 0 Å². The monoisotopic (exact) mass is 307 g/mol. The molecule has 2 aromatic rings. The van der Waals surface area contributed by atoms with E-state index in [1.165, 1.54) is 4.90 Å². The fourth-order valence-electron chi connectivity index (χ4n) is 2.65. The number of ether oxygens (including phenoxy) is 1. The molecule has 0 fully saturated rings. The van der Waals surface area contributed by atoms with Gasteiger partial charge in [-0.25, -0.2) is 0 Å². The Morgan fingerprint density at radius 2 is 1.57 bits per heavy atom. The maximum absolute atomic E-state index is 12.4. The number of hydrogen-bond donors (Lipinski definition) is 0. The largest absolute Gasteiger partial charge is 0.494 e. The van der Waals surface area contributed by atoms with Crippen molar-refractivity contribution in [2.75, 3.05) is 6.61 Å². The van der Waals surface area contributed by atoms with Crippen molar-refractivity contribution < 1.29 is 14.3 Å². The van der Waals surface area contributed by atoms with Crippen LogP contribution in [0.3, 0.4) is 0 Å². The van der Waals surface area contributed by atoms with Gasteiger partial charge in [-0.15, -0.1) is 0 Å². The highest BCUT2D eigenvalue weighted by Gasteiger charge is 2.37. The van der Waals surface area contributed by atoms with Crippen molar-refractivity contribution >= 4 is 11.8 Å². The molecule has 0 saturated heterocycles. The highest BCUT2D eigenvalue weighted by Crippen LogP contribution is 2.25. The van der Waals surface area contributed by atoms with Gasteiger partial charge in [0.1, 0.15) is 5.75 Å². The topological polar surface area (TPSA) is 46.6 Å². The van der Waals surface area contributed by atoms with Crippen LogP contribution in [0.25, 0.3) is 0 Å². The number of amides is 2. The Kier molecular flexibility index (Phi) is 4.15. The summed E-state index contributed by atoms with van der Waals surface area (Å²) in [7, 11) is 0. The molecule has 23 heavy (non-hydrogen) atoms. The summed E-state index contributed by atoms with van der Waals surface area (Å²) in [5.41, 5.74) is 1.63. The summed E-state index contributed by atoms with van der Waals surface area (Å²) in [4.78, 5) is 26.1. The van der Waals surface area contributed by atoms with Crippen LogP contribution in [0.15, 0.2) is 48.5 Å². The predicted molar refractivity (Wildman–Crippen MR) is 86.4 cm³/mol. The number of carbonyl (C=O) groups excluding carboxylic acids is 2. The second-order valence-corrected chi connectivity index (χ2v) is 5.58. The van der Waals surface area contributed by atoms with Gasteiger partial charge in [-0.2, -0.15) is 0 Å². The third kappa shape index (κ3) is 2.97. The first-order valence-corrected chi connectivity index (χ1v) is 7.53. The first kappa shape index (κ1) is 15.3. The summed E-state index contributed by atoms with van der Waals surface area (Å²) in [5.74, 6) is 0.255. The molecular weight excluding hydrogens is 290 g/mol. The van der Waals surface area contributed by atoms with E-state index >= 15 is 0 Å². The van der Waals surface area contributed by atoms with Gasteiger partial charge < -0.3 is 4.74 Å². The van der Waals surface area contributed by atoms with Crippen LogP contribution in [-0.2, 0) is 0 Å². The van der Waals surface area contributed by atoms with Crippen LogP contribution in [0.2, 0.25) is 0 Å². The Balaban J connectivity index is 1.61. The molecule has 1 atom stereocenters. The minimum absolute atomic E-state index is 0.226. The summed E-state index contributed by atoms with van der Waals surface area (Å²) >= 11 is 0. The van der Waals surface area contributed by atoms with Crippen LogP contribution in [0.5, 0.6) is 5.75 Å². The Bertz CT molecular complexity index is 702. The molecule has 1 aliphatic heterocycles. The van der Waals surface area contributed by atoms with Crippen LogP contribution in [0.4, 0.5) is 0 Å². The first-order valence-electron chi connectivity index (χ1n) is 7.53. The molecule has 2 aromatic carbocycles. The number of nitrogens with zero attached hydrogens (tertiary/aromatic N) is 1. The van der Waals surface area contributed by atoms with Crippen molar-refractivity contribution in [2.24, 2.45) is 0 Å². The van der Waals surface area contributed by atoms with E-state index in [9.17, 15) is 9.59 Å². The van der Waals surface area contributed by atoms with E-state index in [2.05, 4.69) is 0 Å². The van der Waals surface area contributed by atoms with E-state index in [1.54, 1.807) is 48.5 Å². The first-order chi connectivity index (χ1) is 11.1. The average Bonchev–Trinajstić information content (AvgIpc) is 2.81. The van der Waals surface area contributed by atoms with Gasteiger partial charge in [0.2, 0.25) is 0 Å². The predicted octanol–water partition coefficient (Wildman–Crippen LogP) is 3.20. The van der Waals surface area contributed by atoms with Gasteiger partial charge in [0.25, 0.3) is 11.8 Å². The van der Waals surface area contributed by atoms with Crippen LogP contribution < -0.4 is 4.74 Å². The molecule has 0 spiro atoms. The maximum Gasteiger partial charge on any atom is 0.261 e. The van der Waals surface area contributed by atoms with Crippen LogP contribution in [0, 0.1) is 6.92 Å². The highest BCUT2D eigenvalue weighted by molar-refractivity contribution is 6.21. The number of rotatable bonds is 5. The smallest absolute Gasteiger partial charge is 0.261 e. The number of carbonyl (C=O) groups is 2. The zero-order valence-electron chi connectivity index (χ0n) is 12.9. The summed E-state index contributed by atoms with van der Waals surface area (Å²) in [6.45, 7) is 7.89. The van der Waals surface area contributed by atoms with Gasteiger partial charge in [0, 0.05) is 12.5 Å². The van der Waals surface area contributed by atoms with Crippen LogP contribution >= 0.6 is 0 Å². The molecule has 4 nitrogen and oxygen atoms in total. The fraction of sp³-hybridized carbons (Fsp3) is 0.211. The minimum Gasteiger partial charge on any atom is -0.494 e. The Morgan fingerprint density at radius 1 is 1.00 bits per heavy atom. The van der Waals surface area contributed by atoms with E-state index in [4.69, 9.17) is 11.7 Å². The van der Waals surface area contributed by atoms with E-state index in [0.717, 1.165) is 0 Å². The van der Waals surface area contributed by atoms with E-state index in [0.29, 0.717) is 35.5 Å². The second-order valence-electron chi connectivity index (χ2n) is 5.58. The standard InChI is InChI=1S/C19H17NO3/c1-13-7-9-15(10-8-13)23-12-11-14(2)20-18(21)16-5-3-4-6-17(16)19(20)22/h1,3-10,14H,11-12H2,2H3. The Morgan fingerprint density at radius 3 is 2.13 bits per heavy atom. The van der Waals surface area contributed by atoms with Crippen molar-refractivity contribution in [2.45, 2.75) is 19.4 Å². The molecule has 0 saturated carbocycles. The van der Waals surface area contributed by atoms with Crippen molar-refractivity contribution in [1.29, 1.82) is 0 Å². The lowest BCUT2D eigenvalue weighted by Crippen LogP contribution is -2.38. The van der Waals surface area contributed by atoms with Crippen molar-refractivity contribution in [1.82, 2.24) is 4.90 Å². The highest BCUT2D eigenvalue weighted by atomic mass is 16.5. The Hall–Kier alpha value is -2.62. The average molecular weight is 307 g/mol. The lowest BCUT2D eigenvalue weighted by molar-refractivity contribution is 0.0579. The van der Waals surface area contributed by atoms with E-state index < -0.39 is 0 Å². The molecule has 4 heteroatoms. The maximum atomic E-state index is 12.4. The zero-order chi connectivity index (χ0) is 16.4. The molecule has 0 aliphatic carbocycles. The number of imide groups is 1. The molecule has 0 N–H and O–H groups in total. The van der Waals surface area contributed by atoms with E-state index in [-0.39, 0.29) is 17.9 Å². The van der Waals surface area contributed by atoms with Crippen LogP contribution in [0.1, 0.15) is 39.6 Å². The van der Waals surface area contributed by atoms with E-state index in [1.807, 2.05) is 6.92 Å². The SMILES string of the molecule is [CH]c1ccc(OCCC(C)N2C(=O)c3ccccc3C2=O)cc1. The van der Waals surface area contributed by atoms with Gasteiger partial charge in [0.05, 0.1) is 17.7 Å². The van der Waals surface area contributed by atoms with Gasteiger partial charge in [-0.1, -0.05) is 24.3 Å². The normalized spacial score (nSPS) is 14.8. The van der Waals surface area contributed by atoms with Crippen molar-refractivity contribution in [3.05, 3.63) is 72.1 Å². The quantitative estimate of drug-likeness (QED) is 0.797. The molecule has 2 amide bonds. The summed E-state index contributed by atoms with van der Waals surface area (Å²) in [6, 6.07) is 13.8. The van der Waals surface area contributed by atoms with Crippen LogP contribution in [-0.4, -0.2) is 29.4 Å². The Labute approximate surface area is 135 Å². The lowest BCUT2D eigenvalue weighted by atomic mass is 10.1. The van der Waals surface area contributed by atoms with Gasteiger partial charge >= 0.3 is 0 Å². The lowest BCUT2D eigenvalue weighted by Gasteiger charge is -2.22.